The first-order chi connectivity index (χ1) is 13.9. The lowest BCUT2D eigenvalue weighted by Crippen LogP contribution is -2.65. The van der Waals surface area contributed by atoms with Crippen molar-refractivity contribution in [2.24, 2.45) is 0 Å². The largest absolute Gasteiger partial charge is 0.455 e. The fourth-order valence-corrected chi connectivity index (χ4v) is 3.66. The van der Waals surface area contributed by atoms with Crippen molar-refractivity contribution in [1.82, 2.24) is 0 Å². The monoisotopic (exact) mass is 414 g/mol. The molecule has 12 nitrogen and oxygen atoms in total. The topological polar surface area (TPSA) is 142 Å². The average Bonchev–Trinajstić information content (AvgIpc) is 2.72. The zero-order valence-corrected chi connectivity index (χ0v) is 16.1. The lowest BCUT2D eigenvalue weighted by atomic mass is 9.91. The van der Waals surface area contributed by atoms with Crippen molar-refractivity contribution in [2.45, 2.75) is 43.2 Å². The number of fused-ring (bicyclic) bond motifs is 1. The van der Waals surface area contributed by atoms with Crippen LogP contribution in [0.15, 0.2) is 18.2 Å². The van der Waals surface area contributed by atoms with E-state index in [-0.39, 0.29) is 11.9 Å². The molecule has 0 N–H and O–H groups in total. The van der Waals surface area contributed by atoms with Crippen LogP contribution in [-0.4, -0.2) is 74.6 Å². The Kier molecular flexibility index (Phi) is 6.59. The summed E-state index contributed by atoms with van der Waals surface area (Å²) in [6.45, 7) is 0.457. The Morgan fingerprint density at radius 1 is 1.00 bits per heavy atom. The number of nitro groups is 2. The minimum atomic E-state index is -1.09. The number of nitro benzene ring substituents is 2. The summed E-state index contributed by atoms with van der Waals surface area (Å²) in [5, 5.41) is 22.3. The first kappa shape index (κ1) is 21.3. The number of methoxy groups -OCH3 is 3. The van der Waals surface area contributed by atoms with Gasteiger partial charge in [-0.05, 0) is 12.5 Å². The molecule has 12 heteroatoms. The van der Waals surface area contributed by atoms with Crippen LogP contribution in [0.25, 0.3) is 0 Å². The summed E-state index contributed by atoms with van der Waals surface area (Å²) in [6, 6.07) is 3.11. The van der Waals surface area contributed by atoms with Gasteiger partial charge in [-0.3, -0.25) is 20.2 Å². The van der Waals surface area contributed by atoms with Crippen LogP contribution >= 0.6 is 0 Å². The van der Waals surface area contributed by atoms with E-state index in [1.165, 1.54) is 14.2 Å². The van der Waals surface area contributed by atoms with E-state index in [1.807, 2.05) is 0 Å². The van der Waals surface area contributed by atoms with Gasteiger partial charge in [0, 0.05) is 34.0 Å². The van der Waals surface area contributed by atoms with Crippen LogP contribution in [0.3, 0.4) is 0 Å². The number of non-ortho nitro benzene ring substituents is 1. The number of ether oxygens (including phenoxy) is 6. The average molecular weight is 414 g/mol. The van der Waals surface area contributed by atoms with Crippen molar-refractivity contribution in [2.75, 3.05) is 27.9 Å². The van der Waals surface area contributed by atoms with Gasteiger partial charge in [0.15, 0.2) is 0 Å². The predicted molar refractivity (Wildman–Crippen MR) is 95.8 cm³/mol. The van der Waals surface area contributed by atoms with Crippen LogP contribution in [0.4, 0.5) is 11.4 Å². The van der Waals surface area contributed by atoms with Gasteiger partial charge in [-0.15, -0.1) is 0 Å². The third-order valence-electron chi connectivity index (χ3n) is 5.05. The van der Waals surface area contributed by atoms with Crippen molar-refractivity contribution < 1.29 is 38.3 Å². The normalized spacial score (nSPS) is 31.7. The quantitative estimate of drug-likeness (QED) is 0.475. The van der Waals surface area contributed by atoms with Crippen molar-refractivity contribution in [3.05, 3.63) is 38.4 Å². The number of hydrogen-bond acceptors (Lipinski definition) is 10. The predicted octanol–water partition coefficient (Wildman–Crippen LogP) is 1.44. The Hall–Kier alpha value is -2.38. The molecule has 2 heterocycles. The van der Waals surface area contributed by atoms with Gasteiger partial charge in [0.2, 0.25) is 12.0 Å². The highest BCUT2D eigenvalue weighted by Crippen LogP contribution is 2.37. The van der Waals surface area contributed by atoms with Crippen LogP contribution < -0.4 is 4.74 Å². The van der Waals surface area contributed by atoms with Crippen LogP contribution in [0.1, 0.15) is 6.42 Å². The van der Waals surface area contributed by atoms with Gasteiger partial charge in [0.1, 0.15) is 24.4 Å². The van der Waals surface area contributed by atoms with Crippen LogP contribution in [0.2, 0.25) is 0 Å². The lowest BCUT2D eigenvalue weighted by Gasteiger charge is -2.48. The second-order valence-corrected chi connectivity index (χ2v) is 6.55. The molecule has 1 aromatic carbocycles. The smallest absolute Gasteiger partial charge is 0.317 e. The third kappa shape index (κ3) is 4.16. The summed E-state index contributed by atoms with van der Waals surface area (Å²) in [4.78, 5) is 20.9. The number of nitrogens with zero attached hydrogens (tertiary/aromatic N) is 2. The summed E-state index contributed by atoms with van der Waals surface area (Å²) in [5.74, 6) is -0.188. The van der Waals surface area contributed by atoms with Gasteiger partial charge in [0.25, 0.3) is 5.69 Å². The molecule has 3 rings (SSSR count). The van der Waals surface area contributed by atoms with Crippen molar-refractivity contribution in [1.29, 1.82) is 0 Å². The molecule has 0 aromatic heterocycles. The molecule has 6 atom stereocenters. The molecule has 0 radical (unpaired) electrons. The Morgan fingerprint density at radius 2 is 1.72 bits per heavy atom. The van der Waals surface area contributed by atoms with E-state index in [1.54, 1.807) is 7.11 Å². The van der Waals surface area contributed by atoms with Gasteiger partial charge in [-0.2, -0.15) is 0 Å². The summed E-state index contributed by atoms with van der Waals surface area (Å²) >= 11 is 0. The van der Waals surface area contributed by atoms with E-state index >= 15 is 0 Å². The maximum atomic E-state index is 11.4. The molecule has 160 valence electrons. The highest BCUT2D eigenvalue weighted by Gasteiger charge is 2.53. The molecule has 0 spiro atoms. The highest BCUT2D eigenvalue weighted by molar-refractivity contribution is 5.53. The highest BCUT2D eigenvalue weighted by atomic mass is 16.7. The molecule has 2 saturated heterocycles. The molecule has 29 heavy (non-hydrogen) atoms. The minimum Gasteiger partial charge on any atom is -0.455 e. The van der Waals surface area contributed by atoms with Gasteiger partial charge >= 0.3 is 5.69 Å². The Morgan fingerprint density at radius 3 is 2.31 bits per heavy atom. The molecular weight excluding hydrogens is 392 g/mol. The summed E-state index contributed by atoms with van der Waals surface area (Å²) < 4.78 is 34.1. The van der Waals surface area contributed by atoms with Crippen molar-refractivity contribution in [3.8, 4) is 5.75 Å². The van der Waals surface area contributed by atoms with E-state index in [4.69, 9.17) is 28.4 Å². The minimum absolute atomic E-state index is 0.188. The second-order valence-electron chi connectivity index (χ2n) is 6.55. The van der Waals surface area contributed by atoms with E-state index < -0.39 is 51.9 Å². The van der Waals surface area contributed by atoms with Gasteiger partial charge in [-0.25, -0.2) is 0 Å². The van der Waals surface area contributed by atoms with Gasteiger partial charge in [0.05, 0.1) is 22.0 Å². The van der Waals surface area contributed by atoms with Crippen LogP contribution in [0.5, 0.6) is 5.75 Å². The number of rotatable bonds is 7. The molecule has 1 aromatic rings. The molecule has 0 bridgehead atoms. The molecule has 0 aliphatic carbocycles. The summed E-state index contributed by atoms with van der Waals surface area (Å²) in [7, 11) is 4.47. The molecule has 0 amide bonds. The zero-order chi connectivity index (χ0) is 21.1. The number of benzene rings is 1. The van der Waals surface area contributed by atoms with Gasteiger partial charge in [-0.1, -0.05) is 0 Å². The fraction of sp³-hybridized carbons (Fsp3) is 0.647. The second kappa shape index (κ2) is 8.97. The standard InChI is InChI=1S/C17H22N2O10/c1-24-12-6-7-27-15-13(12)29-17(16(26-3)14(15)25-2)28-11-5-4-9(18(20)21)8-10(11)19(22)23/h4-5,8,12-17H,6-7H2,1-3H3/t12-,13-,14+,15+,16-,17-/m1/s1. The number of hydrogen-bond donors (Lipinski definition) is 0. The Bertz CT molecular complexity index is 758. The van der Waals surface area contributed by atoms with E-state index in [9.17, 15) is 20.2 Å². The van der Waals surface area contributed by atoms with Gasteiger partial charge < -0.3 is 28.4 Å². The van der Waals surface area contributed by atoms with E-state index in [0.29, 0.717) is 13.0 Å². The summed E-state index contributed by atoms with van der Waals surface area (Å²) in [6.07, 6.45) is -3.17. The third-order valence-corrected chi connectivity index (χ3v) is 5.05. The van der Waals surface area contributed by atoms with E-state index in [0.717, 1.165) is 18.2 Å². The molecule has 2 aliphatic heterocycles. The summed E-state index contributed by atoms with van der Waals surface area (Å²) in [5.41, 5.74) is -0.983. The Balaban J connectivity index is 1.92. The first-order valence-electron chi connectivity index (χ1n) is 8.86. The maximum Gasteiger partial charge on any atom is 0.317 e. The maximum absolute atomic E-state index is 11.4. The van der Waals surface area contributed by atoms with Crippen LogP contribution in [-0.2, 0) is 23.7 Å². The molecule has 2 fully saturated rings. The Labute approximate surface area is 165 Å². The zero-order valence-electron chi connectivity index (χ0n) is 16.1. The fourth-order valence-electron chi connectivity index (χ4n) is 3.66. The molecular formula is C17H22N2O10. The SMILES string of the molecule is CO[C@H]1[C@H]2OCC[C@@H](OC)[C@H]2O[C@@H](Oc2ccc([N+](=O)[O-])cc2[N+](=O)[O-])[C@@H]1OC. The molecule has 2 aliphatic rings. The van der Waals surface area contributed by atoms with Crippen molar-refractivity contribution >= 4 is 11.4 Å². The van der Waals surface area contributed by atoms with Crippen LogP contribution in [0, 0.1) is 20.2 Å². The molecule has 0 saturated carbocycles. The molecule has 0 unspecified atom stereocenters. The lowest BCUT2D eigenvalue weighted by molar-refractivity contribution is -0.395. The first-order valence-corrected chi connectivity index (χ1v) is 8.86. The van der Waals surface area contributed by atoms with Crippen molar-refractivity contribution in [3.63, 3.8) is 0 Å². The van der Waals surface area contributed by atoms with E-state index in [2.05, 4.69) is 0 Å².